The lowest BCUT2D eigenvalue weighted by atomic mass is 9.79. The first-order valence-corrected chi connectivity index (χ1v) is 7.81. The van der Waals surface area contributed by atoms with Crippen LogP contribution in [0.2, 0.25) is 0 Å². The third kappa shape index (κ3) is 5.66. The Hall–Kier alpha value is -1.29. The number of benzene rings is 1. The summed E-state index contributed by atoms with van der Waals surface area (Å²) in [7, 11) is -1.97. The maximum Gasteiger partial charge on any atom is 0.488 e. The molecule has 0 saturated carbocycles. The van der Waals surface area contributed by atoms with Gasteiger partial charge in [-0.1, -0.05) is 6.07 Å². The van der Waals surface area contributed by atoms with Gasteiger partial charge in [0.05, 0.1) is 18.8 Å². The van der Waals surface area contributed by atoms with Crippen molar-refractivity contribution in [1.29, 1.82) is 0 Å². The first kappa shape index (κ1) is 19.0. The summed E-state index contributed by atoms with van der Waals surface area (Å²) in [4.78, 5) is 0. The minimum atomic E-state index is -4.65. The van der Waals surface area contributed by atoms with Crippen LogP contribution in [-0.4, -0.2) is 43.3 Å². The SMILES string of the molecule is OB(O)c1ccc(OCCCOC2CCCCO2)c(C(F)(F)F)c1. The molecule has 9 heteroatoms. The second kappa shape index (κ2) is 8.71. The van der Waals surface area contributed by atoms with Gasteiger partial charge in [0.15, 0.2) is 6.29 Å². The van der Waals surface area contributed by atoms with E-state index in [1.807, 2.05) is 0 Å². The van der Waals surface area contributed by atoms with Gasteiger partial charge in [-0.3, -0.25) is 0 Å². The van der Waals surface area contributed by atoms with Crippen LogP contribution in [0.3, 0.4) is 0 Å². The lowest BCUT2D eigenvalue weighted by Crippen LogP contribution is -2.31. The van der Waals surface area contributed by atoms with Gasteiger partial charge in [-0.05, 0) is 36.9 Å². The molecule has 1 aromatic rings. The zero-order chi connectivity index (χ0) is 17.6. The summed E-state index contributed by atoms with van der Waals surface area (Å²) in [5, 5.41) is 18.0. The Labute approximate surface area is 138 Å². The van der Waals surface area contributed by atoms with E-state index in [4.69, 9.17) is 24.3 Å². The highest BCUT2D eigenvalue weighted by Crippen LogP contribution is 2.35. The normalized spacial score (nSPS) is 18.5. The van der Waals surface area contributed by atoms with Crippen molar-refractivity contribution < 1.29 is 37.4 Å². The van der Waals surface area contributed by atoms with Gasteiger partial charge >= 0.3 is 13.3 Å². The Morgan fingerprint density at radius 3 is 2.62 bits per heavy atom. The van der Waals surface area contributed by atoms with Crippen molar-refractivity contribution in [2.45, 2.75) is 38.1 Å². The van der Waals surface area contributed by atoms with E-state index in [9.17, 15) is 13.2 Å². The Morgan fingerprint density at radius 2 is 2.00 bits per heavy atom. The molecular formula is C15H20BF3O5. The van der Waals surface area contributed by atoms with Crippen LogP contribution in [0.4, 0.5) is 13.2 Å². The van der Waals surface area contributed by atoms with Crippen molar-refractivity contribution in [1.82, 2.24) is 0 Å². The fourth-order valence-corrected chi connectivity index (χ4v) is 2.35. The molecule has 1 aliphatic rings. The van der Waals surface area contributed by atoms with E-state index in [1.165, 1.54) is 6.07 Å². The van der Waals surface area contributed by atoms with Crippen LogP contribution in [0.5, 0.6) is 5.75 Å². The quantitative estimate of drug-likeness (QED) is 0.580. The maximum absolute atomic E-state index is 13.0. The number of alkyl halides is 3. The van der Waals surface area contributed by atoms with Gasteiger partial charge in [0.1, 0.15) is 5.75 Å². The summed E-state index contributed by atoms with van der Waals surface area (Å²) in [5.74, 6) is -0.346. The highest BCUT2D eigenvalue weighted by Gasteiger charge is 2.35. The third-order valence-electron chi connectivity index (χ3n) is 3.60. The molecule has 0 aromatic heterocycles. The molecule has 1 fully saturated rings. The molecule has 1 aromatic carbocycles. The smallest absolute Gasteiger partial charge is 0.488 e. The third-order valence-corrected chi connectivity index (χ3v) is 3.60. The topological polar surface area (TPSA) is 68.2 Å². The van der Waals surface area contributed by atoms with E-state index in [2.05, 4.69) is 0 Å². The van der Waals surface area contributed by atoms with E-state index < -0.39 is 18.9 Å². The van der Waals surface area contributed by atoms with Crippen LogP contribution in [0.25, 0.3) is 0 Å². The number of hydrogen-bond acceptors (Lipinski definition) is 5. The van der Waals surface area contributed by atoms with E-state index in [0.29, 0.717) is 25.7 Å². The van der Waals surface area contributed by atoms with Crippen LogP contribution >= 0.6 is 0 Å². The second-order valence-corrected chi connectivity index (χ2v) is 5.50. The summed E-state index contributed by atoms with van der Waals surface area (Å²) in [6.45, 7) is 1.05. The molecule has 134 valence electrons. The van der Waals surface area contributed by atoms with E-state index >= 15 is 0 Å². The Morgan fingerprint density at radius 1 is 1.21 bits per heavy atom. The number of ether oxygens (including phenoxy) is 3. The molecule has 2 N–H and O–H groups in total. The zero-order valence-corrected chi connectivity index (χ0v) is 13.1. The molecule has 1 unspecified atom stereocenters. The lowest BCUT2D eigenvalue weighted by Gasteiger charge is -2.22. The Bertz CT molecular complexity index is 518. The van der Waals surface area contributed by atoms with Crippen LogP contribution < -0.4 is 10.2 Å². The first-order chi connectivity index (χ1) is 11.4. The highest BCUT2D eigenvalue weighted by atomic mass is 19.4. The zero-order valence-electron chi connectivity index (χ0n) is 13.1. The predicted molar refractivity (Wildman–Crippen MR) is 80.9 cm³/mol. The van der Waals surface area contributed by atoms with E-state index in [0.717, 1.165) is 25.3 Å². The fourth-order valence-electron chi connectivity index (χ4n) is 2.35. The van der Waals surface area contributed by atoms with Crippen LogP contribution in [0, 0.1) is 0 Å². The van der Waals surface area contributed by atoms with E-state index in [1.54, 1.807) is 0 Å². The lowest BCUT2D eigenvalue weighted by molar-refractivity contribution is -0.163. The first-order valence-electron chi connectivity index (χ1n) is 7.81. The van der Waals surface area contributed by atoms with Crippen LogP contribution in [0.1, 0.15) is 31.2 Å². The molecule has 0 spiro atoms. The maximum atomic E-state index is 13.0. The van der Waals surface area contributed by atoms with Crippen molar-refractivity contribution in [2.24, 2.45) is 0 Å². The molecule has 0 aliphatic carbocycles. The number of halogens is 3. The van der Waals surface area contributed by atoms with Gasteiger partial charge in [0.25, 0.3) is 0 Å². The summed E-state index contributed by atoms with van der Waals surface area (Å²) >= 11 is 0. The molecule has 0 radical (unpaired) electrons. The monoisotopic (exact) mass is 348 g/mol. The Kier molecular flexibility index (Phi) is 6.91. The van der Waals surface area contributed by atoms with Gasteiger partial charge < -0.3 is 24.3 Å². The standard InChI is InChI=1S/C15H20BF3O5/c17-15(18,19)12-10-11(16(20)21)5-6-13(12)22-8-3-9-24-14-4-1-2-7-23-14/h5-6,10,14,20-21H,1-4,7-9H2. The number of rotatable bonds is 7. The van der Waals surface area contributed by atoms with Crippen molar-refractivity contribution in [3.05, 3.63) is 23.8 Å². The summed E-state index contributed by atoms with van der Waals surface area (Å²) in [5.41, 5.74) is -1.28. The second-order valence-electron chi connectivity index (χ2n) is 5.50. The molecular weight excluding hydrogens is 328 g/mol. The number of hydrogen-bond donors (Lipinski definition) is 2. The predicted octanol–water partition coefficient (Wildman–Crippen LogP) is 1.70. The molecule has 5 nitrogen and oxygen atoms in total. The summed E-state index contributed by atoms with van der Waals surface area (Å²) < 4.78 is 55.1. The minimum Gasteiger partial charge on any atom is -0.493 e. The van der Waals surface area contributed by atoms with Crippen LogP contribution in [-0.2, 0) is 15.7 Å². The fraction of sp³-hybridized carbons (Fsp3) is 0.600. The van der Waals surface area contributed by atoms with Gasteiger partial charge in [-0.25, -0.2) is 0 Å². The largest absolute Gasteiger partial charge is 0.493 e. The molecule has 1 aliphatic heterocycles. The molecule has 2 rings (SSSR count). The van der Waals surface area contributed by atoms with Crippen molar-refractivity contribution >= 4 is 12.6 Å². The van der Waals surface area contributed by atoms with Crippen molar-refractivity contribution in [3.63, 3.8) is 0 Å². The van der Waals surface area contributed by atoms with Crippen molar-refractivity contribution in [2.75, 3.05) is 19.8 Å². The van der Waals surface area contributed by atoms with E-state index in [-0.39, 0.29) is 24.1 Å². The van der Waals surface area contributed by atoms with Gasteiger partial charge in [0, 0.05) is 13.0 Å². The molecule has 1 saturated heterocycles. The molecule has 24 heavy (non-hydrogen) atoms. The highest BCUT2D eigenvalue weighted by molar-refractivity contribution is 6.58. The van der Waals surface area contributed by atoms with Crippen molar-refractivity contribution in [3.8, 4) is 5.75 Å². The van der Waals surface area contributed by atoms with Gasteiger partial charge in [0.2, 0.25) is 0 Å². The Balaban J connectivity index is 1.85. The van der Waals surface area contributed by atoms with Gasteiger partial charge in [-0.2, -0.15) is 13.2 Å². The summed E-state index contributed by atoms with van der Waals surface area (Å²) in [6, 6.07) is 2.94. The average Bonchev–Trinajstić information content (AvgIpc) is 2.54. The molecule has 1 atom stereocenters. The van der Waals surface area contributed by atoms with Crippen LogP contribution in [0.15, 0.2) is 18.2 Å². The van der Waals surface area contributed by atoms with Gasteiger partial charge in [-0.15, -0.1) is 0 Å². The molecule has 0 amide bonds. The molecule has 1 heterocycles. The average molecular weight is 348 g/mol. The minimum absolute atomic E-state index is 0.0524. The molecule has 0 bridgehead atoms. The summed E-state index contributed by atoms with van der Waals surface area (Å²) in [6.07, 6.45) is -1.59.